The van der Waals surface area contributed by atoms with E-state index in [0.29, 0.717) is 17.2 Å². The summed E-state index contributed by atoms with van der Waals surface area (Å²) in [6, 6.07) is 4.08. The van der Waals surface area contributed by atoms with Crippen LogP contribution in [-0.2, 0) is 14.4 Å². The van der Waals surface area contributed by atoms with E-state index in [1.54, 1.807) is 32.0 Å². The van der Waals surface area contributed by atoms with Gasteiger partial charge in [-0.3, -0.25) is 9.59 Å². The number of nitrogens with zero attached hydrogens (tertiary/aromatic N) is 1. The SMILES string of the molecule is COc1cc(OC)cc(N2CC(C(=O)N[C@H](C(=O)O)C(C)C)CC2=O)c1. The Kier molecular flexibility index (Phi) is 6.07. The highest BCUT2D eigenvalue weighted by molar-refractivity contribution is 6.01. The molecule has 1 saturated heterocycles. The summed E-state index contributed by atoms with van der Waals surface area (Å²) in [5, 5.41) is 11.7. The van der Waals surface area contributed by atoms with Gasteiger partial charge in [0.1, 0.15) is 17.5 Å². The first kappa shape index (κ1) is 19.6. The second-order valence-corrected chi connectivity index (χ2v) is 6.54. The van der Waals surface area contributed by atoms with Gasteiger partial charge < -0.3 is 24.8 Å². The predicted molar refractivity (Wildman–Crippen MR) is 94.4 cm³/mol. The molecule has 1 fully saturated rings. The zero-order chi connectivity index (χ0) is 19.4. The number of carboxylic acid groups (broad SMARTS) is 1. The van der Waals surface area contributed by atoms with Gasteiger partial charge in [0.2, 0.25) is 11.8 Å². The fraction of sp³-hybridized carbons (Fsp3) is 0.500. The highest BCUT2D eigenvalue weighted by Crippen LogP contribution is 2.32. The van der Waals surface area contributed by atoms with E-state index in [-0.39, 0.29) is 24.8 Å². The van der Waals surface area contributed by atoms with Gasteiger partial charge in [-0.15, -0.1) is 0 Å². The molecule has 1 unspecified atom stereocenters. The van der Waals surface area contributed by atoms with Crippen molar-refractivity contribution in [2.24, 2.45) is 11.8 Å². The minimum absolute atomic E-state index is 0.0236. The number of carbonyl (C=O) groups excluding carboxylic acids is 2. The van der Waals surface area contributed by atoms with Gasteiger partial charge in [-0.05, 0) is 5.92 Å². The van der Waals surface area contributed by atoms with E-state index < -0.39 is 23.8 Å². The van der Waals surface area contributed by atoms with Crippen LogP contribution in [0.4, 0.5) is 5.69 Å². The molecular weight excluding hydrogens is 340 g/mol. The first-order chi connectivity index (χ1) is 12.3. The molecule has 8 nitrogen and oxygen atoms in total. The molecule has 2 rings (SSSR count). The quantitative estimate of drug-likeness (QED) is 0.755. The normalized spacial score (nSPS) is 18.0. The summed E-state index contributed by atoms with van der Waals surface area (Å²) in [6.45, 7) is 3.60. The van der Waals surface area contributed by atoms with Gasteiger partial charge in [-0.1, -0.05) is 13.8 Å². The van der Waals surface area contributed by atoms with Crippen molar-refractivity contribution in [3.63, 3.8) is 0 Å². The van der Waals surface area contributed by atoms with Crippen LogP contribution in [0.25, 0.3) is 0 Å². The van der Waals surface area contributed by atoms with E-state index in [0.717, 1.165) is 0 Å². The molecule has 1 aromatic rings. The molecule has 0 spiro atoms. The van der Waals surface area contributed by atoms with Crippen LogP contribution in [0.3, 0.4) is 0 Å². The number of aliphatic carboxylic acids is 1. The maximum Gasteiger partial charge on any atom is 0.326 e. The molecule has 0 bridgehead atoms. The molecule has 0 aliphatic carbocycles. The highest BCUT2D eigenvalue weighted by atomic mass is 16.5. The van der Waals surface area contributed by atoms with E-state index in [2.05, 4.69) is 5.32 Å². The Balaban J connectivity index is 2.15. The lowest BCUT2D eigenvalue weighted by Gasteiger charge is -2.21. The Labute approximate surface area is 152 Å². The van der Waals surface area contributed by atoms with Crippen molar-refractivity contribution < 1.29 is 29.0 Å². The number of ether oxygens (including phenoxy) is 2. The lowest BCUT2D eigenvalue weighted by atomic mass is 10.0. The minimum atomic E-state index is -1.09. The number of carbonyl (C=O) groups is 3. The van der Waals surface area contributed by atoms with Crippen molar-refractivity contribution in [1.29, 1.82) is 0 Å². The molecule has 26 heavy (non-hydrogen) atoms. The smallest absolute Gasteiger partial charge is 0.326 e. The molecule has 2 atom stereocenters. The number of benzene rings is 1. The van der Waals surface area contributed by atoms with E-state index in [1.165, 1.54) is 19.1 Å². The molecule has 0 aromatic heterocycles. The number of hydrogen-bond acceptors (Lipinski definition) is 5. The van der Waals surface area contributed by atoms with E-state index in [4.69, 9.17) is 9.47 Å². The van der Waals surface area contributed by atoms with E-state index in [9.17, 15) is 19.5 Å². The lowest BCUT2D eigenvalue weighted by Crippen LogP contribution is -2.47. The summed E-state index contributed by atoms with van der Waals surface area (Å²) in [5.74, 6) is -1.54. The maximum absolute atomic E-state index is 12.4. The van der Waals surface area contributed by atoms with Crippen molar-refractivity contribution in [1.82, 2.24) is 5.32 Å². The Morgan fingerprint density at radius 3 is 2.23 bits per heavy atom. The Morgan fingerprint density at radius 2 is 1.77 bits per heavy atom. The number of amides is 2. The minimum Gasteiger partial charge on any atom is -0.497 e. The summed E-state index contributed by atoms with van der Waals surface area (Å²) >= 11 is 0. The van der Waals surface area contributed by atoms with E-state index in [1.807, 2.05) is 0 Å². The molecule has 2 N–H and O–H groups in total. The molecule has 0 saturated carbocycles. The molecule has 1 aliphatic rings. The zero-order valence-corrected chi connectivity index (χ0v) is 15.3. The molecule has 1 aliphatic heterocycles. The summed E-state index contributed by atoms with van der Waals surface area (Å²) in [4.78, 5) is 37.6. The summed E-state index contributed by atoms with van der Waals surface area (Å²) in [5.41, 5.74) is 0.570. The number of methoxy groups -OCH3 is 2. The maximum atomic E-state index is 12.4. The van der Waals surface area contributed by atoms with Crippen LogP contribution >= 0.6 is 0 Å². The average molecular weight is 364 g/mol. The van der Waals surface area contributed by atoms with Crippen molar-refractivity contribution >= 4 is 23.5 Å². The van der Waals surface area contributed by atoms with Gasteiger partial charge in [0.05, 0.1) is 25.8 Å². The molecular formula is C18H24N2O6. The second kappa shape index (κ2) is 8.07. The number of carboxylic acids is 1. The van der Waals surface area contributed by atoms with Crippen LogP contribution in [0, 0.1) is 11.8 Å². The monoisotopic (exact) mass is 364 g/mol. The van der Waals surface area contributed by atoms with Crippen molar-refractivity contribution in [2.75, 3.05) is 25.7 Å². The van der Waals surface area contributed by atoms with Gasteiger partial charge in [-0.25, -0.2) is 4.79 Å². The lowest BCUT2D eigenvalue weighted by molar-refractivity contribution is -0.143. The van der Waals surface area contributed by atoms with Crippen LogP contribution in [0.5, 0.6) is 11.5 Å². The van der Waals surface area contributed by atoms with E-state index >= 15 is 0 Å². The summed E-state index contributed by atoms with van der Waals surface area (Å²) in [6.07, 6.45) is 0.0236. The molecule has 8 heteroatoms. The van der Waals surface area contributed by atoms with Gasteiger partial charge in [-0.2, -0.15) is 0 Å². The first-order valence-electron chi connectivity index (χ1n) is 8.33. The van der Waals surface area contributed by atoms with Gasteiger partial charge in [0, 0.05) is 31.2 Å². The molecule has 0 radical (unpaired) electrons. The standard InChI is InChI=1S/C18H24N2O6/c1-10(2)16(18(23)24)19-17(22)11-5-15(21)20(9-11)12-6-13(25-3)8-14(7-12)26-4/h6-8,10-11,16H,5,9H2,1-4H3,(H,19,22)(H,23,24)/t11?,16-/m0/s1. The van der Waals surface area contributed by atoms with Crippen molar-refractivity contribution in [3.8, 4) is 11.5 Å². The second-order valence-electron chi connectivity index (χ2n) is 6.54. The Bertz CT molecular complexity index is 681. The molecule has 1 aromatic carbocycles. The Hall–Kier alpha value is -2.77. The van der Waals surface area contributed by atoms with Crippen molar-refractivity contribution in [2.45, 2.75) is 26.3 Å². The van der Waals surface area contributed by atoms with Gasteiger partial charge in [0.25, 0.3) is 0 Å². The third-order valence-corrected chi connectivity index (χ3v) is 4.37. The third-order valence-electron chi connectivity index (χ3n) is 4.37. The fourth-order valence-corrected chi connectivity index (χ4v) is 2.87. The fourth-order valence-electron chi connectivity index (χ4n) is 2.87. The largest absolute Gasteiger partial charge is 0.497 e. The van der Waals surface area contributed by atoms with Gasteiger partial charge >= 0.3 is 5.97 Å². The number of rotatable bonds is 7. The first-order valence-corrected chi connectivity index (χ1v) is 8.33. The van der Waals surface area contributed by atoms with Crippen molar-refractivity contribution in [3.05, 3.63) is 18.2 Å². The zero-order valence-electron chi connectivity index (χ0n) is 15.3. The third kappa shape index (κ3) is 4.25. The molecule has 1 heterocycles. The average Bonchev–Trinajstić information content (AvgIpc) is 3.00. The Morgan fingerprint density at radius 1 is 1.19 bits per heavy atom. The summed E-state index contributed by atoms with van der Waals surface area (Å²) in [7, 11) is 3.02. The van der Waals surface area contributed by atoms with Crippen LogP contribution < -0.4 is 19.7 Å². The molecule has 142 valence electrons. The van der Waals surface area contributed by atoms with Crippen LogP contribution in [-0.4, -0.2) is 49.7 Å². The summed E-state index contributed by atoms with van der Waals surface area (Å²) < 4.78 is 10.4. The topological polar surface area (TPSA) is 105 Å². The van der Waals surface area contributed by atoms with Gasteiger partial charge in [0.15, 0.2) is 0 Å². The van der Waals surface area contributed by atoms with Crippen LogP contribution in [0.2, 0.25) is 0 Å². The van der Waals surface area contributed by atoms with Crippen LogP contribution in [0.15, 0.2) is 18.2 Å². The number of hydrogen-bond donors (Lipinski definition) is 2. The predicted octanol–water partition coefficient (Wildman–Crippen LogP) is 1.28. The highest BCUT2D eigenvalue weighted by Gasteiger charge is 2.37. The number of anilines is 1. The van der Waals surface area contributed by atoms with Crippen LogP contribution in [0.1, 0.15) is 20.3 Å². The number of nitrogens with one attached hydrogen (secondary N) is 1. The molecule has 2 amide bonds.